The Morgan fingerprint density at radius 2 is 1.66 bits per heavy atom. The summed E-state index contributed by atoms with van der Waals surface area (Å²) in [6.07, 6.45) is 0. The molecule has 0 aliphatic carbocycles. The smallest absolute Gasteiger partial charge is 0.136 e. The molecule has 6 nitrogen and oxygen atoms in total. The Bertz CT molecular complexity index is 1050. The summed E-state index contributed by atoms with van der Waals surface area (Å²) < 4.78 is 0. The molecule has 4 rings (SSSR count). The summed E-state index contributed by atoms with van der Waals surface area (Å²) in [6, 6.07) is 20.2. The van der Waals surface area contributed by atoms with Crippen molar-refractivity contribution in [1.29, 1.82) is 5.26 Å². The number of piperazine rings is 1. The van der Waals surface area contributed by atoms with E-state index in [0.717, 1.165) is 49.3 Å². The molecule has 2 aromatic carbocycles. The molecule has 2 heterocycles. The van der Waals surface area contributed by atoms with E-state index in [1.54, 1.807) is 6.07 Å². The fraction of sp³-hybridized carbons (Fsp3) is 0.261. The van der Waals surface area contributed by atoms with Crippen LogP contribution in [0.1, 0.15) is 17.0 Å². The van der Waals surface area contributed by atoms with Gasteiger partial charge in [-0.05, 0) is 49.7 Å². The minimum absolute atomic E-state index is 0.619. The molecule has 1 aliphatic rings. The molecule has 146 valence electrons. The lowest BCUT2D eigenvalue weighted by Crippen LogP contribution is -2.47. The summed E-state index contributed by atoms with van der Waals surface area (Å²) in [4.78, 5) is 13.9. The van der Waals surface area contributed by atoms with Crippen LogP contribution in [0.15, 0.2) is 54.6 Å². The zero-order valence-corrected chi connectivity index (χ0v) is 16.8. The Morgan fingerprint density at radius 3 is 2.41 bits per heavy atom. The molecule has 3 aromatic rings. The predicted octanol–water partition coefficient (Wildman–Crippen LogP) is 4.04. The van der Waals surface area contributed by atoms with Crippen LogP contribution in [0.3, 0.4) is 0 Å². The summed E-state index contributed by atoms with van der Waals surface area (Å²) in [5.41, 5.74) is 4.03. The molecular formula is C23H24N6. The number of aryl methyl sites for hydroxylation is 2. The Morgan fingerprint density at radius 1 is 0.897 bits per heavy atom. The normalized spacial score (nSPS) is 13.8. The molecule has 1 saturated heterocycles. The van der Waals surface area contributed by atoms with E-state index in [1.165, 1.54) is 11.3 Å². The lowest BCUT2D eigenvalue weighted by atomic mass is 10.2. The van der Waals surface area contributed by atoms with Crippen LogP contribution >= 0.6 is 0 Å². The van der Waals surface area contributed by atoms with Crippen molar-refractivity contribution in [3.63, 3.8) is 0 Å². The van der Waals surface area contributed by atoms with Crippen molar-refractivity contribution in [2.24, 2.45) is 0 Å². The minimum atomic E-state index is 0.619. The summed E-state index contributed by atoms with van der Waals surface area (Å²) in [5, 5.41) is 12.4. The number of nitrogens with zero attached hydrogens (tertiary/aromatic N) is 5. The summed E-state index contributed by atoms with van der Waals surface area (Å²) >= 11 is 0. The summed E-state index contributed by atoms with van der Waals surface area (Å²) in [5.74, 6) is 2.39. The van der Waals surface area contributed by atoms with Gasteiger partial charge in [-0.1, -0.05) is 18.2 Å². The number of nitrogens with one attached hydrogen (secondary N) is 1. The van der Waals surface area contributed by atoms with Crippen molar-refractivity contribution in [2.75, 3.05) is 41.3 Å². The van der Waals surface area contributed by atoms with Crippen molar-refractivity contribution in [3.8, 4) is 6.07 Å². The van der Waals surface area contributed by atoms with Crippen LogP contribution < -0.4 is 15.1 Å². The molecule has 29 heavy (non-hydrogen) atoms. The number of anilines is 4. The lowest BCUT2D eigenvalue weighted by molar-refractivity contribution is 0.646. The van der Waals surface area contributed by atoms with Crippen molar-refractivity contribution < 1.29 is 0 Å². The molecule has 0 saturated carbocycles. The first-order valence-corrected chi connectivity index (χ1v) is 9.80. The average molecular weight is 384 g/mol. The highest BCUT2D eigenvalue weighted by Gasteiger charge is 2.19. The van der Waals surface area contributed by atoms with Gasteiger partial charge in [0.05, 0.1) is 11.6 Å². The van der Waals surface area contributed by atoms with Gasteiger partial charge in [-0.15, -0.1) is 0 Å². The van der Waals surface area contributed by atoms with Crippen molar-refractivity contribution >= 4 is 23.0 Å². The standard InChI is InChI=1S/C23H24N6/c1-17-5-3-8-21(13-17)28-9-11-29(12-10-28)23-15-22(25-18(2)26-23)27-20-7-4-6-19(14-20)16-24/h3-8,13-15H,9-12H2,1-2H3,(H,25,26,27). The molecule has 0 radical (unpaired) electrons. The van der Waals surface area contributed by atoms with Gasteiger partial charge in [-0.25, -0.2) is 9.97 Å². The first kappa shape index (κ1) is 18.8. The highest BCUT2D eigenvalue weighted by atomic mass is 15.3. The molecule has 1 N–H and O–H groups in total. The van der Waals surface area contributed by atoms with Crippen LogP contribution in [0.2, 0.25) is 0 Å². The topological polar surface area (TPSA) is 68.1 Å². The Balaban J connectivity index is 1.47. The second kappa shape index (κ2) is 8.19. The zero-order valence-electron chi connectivity index (χ0n) is 16.8. The van der Waals surface area contributed by atoms with Gasteiger partial charge < -0.3 is 15.1 Å². The molecule has 0 atom stereocenters. The maximum Gasteiger partial charge on any atom is 0.136 e. The van der Waals surface area contributed by atoms with E-state index in [1.807, 2.05) is 31.2 Å². The minimum Gasteiger partial charge on any atom is -0.368 e. The monoisotopic (exact) mass is 384 g/mol. The molecule has 1 aliphatic heterocycles. The van der Waals surface area contributed by atoms with E-state index in [0.29, 0.717) is 5.56 Å². The third-order valence-electron chi connectivity index (χ3n) is 5.06. The summed E-state index contributed by atoms with van der Waals surface area (Å²) in [6.45, 7) is 7.77. The van der Waals surface area contributed by atoms with Gasteiger partial charge in [0.1, 0.15) is 17.5 Å². The Labute approximate surface area is 171 Å². The van der Waals surface area contributed by atoms with Crippen LogP contribution in [0.25, 0.3) is 0 Å². The van der Waals surface area contributed by atoms with Gasteiger partial charge in [0.15, 0.2) is 0 Å². The maximum absolute atomic E-state index is 9.09. The molecule has 0 spiro atoms. The quantitative estimate of drug-likeness (QED) is 0.732. The average Bonchev–Trinajstić information content (AvgIpc) is 2.73. The van der Waals surface area contributed by atoms with Gasteiger partial charge >= 0.3 is 0 Å². The third kappa shape index (κ3) is 4.46. The Hall–Kier alpha value is -3.59. The number of benzene rings is 2. The van der Waals surface area contributed by atoms with Gasteiger partial charge in [-0.3, -0.25) is 0 Å². The fourth-order valence-corrected chi connectivity index (χ4v) is 3.61. The second-order valence-corrected chi connectivity index (χ2v) is 7.29. The van der Waals surface area contributed by atoms with E-state index < -0.39 is 0 Å². The number of hydrogen-bond donors (Lipinski definition) is 1. The predicted molar refractivity (Wildman–Crippen MR) is 117 cm³/mol. The van der Waals surface area contributed by atoms with Crippen molar-refractivity contribution in [2.45, 2.75) is 13.8 Å². The number of hydrogen-bond acceptors (Lipinski definition) is 6. The van der Waals surface area contributed by atoms with Crippen LogP contribution in [0, 0.1) is 25.2 Å². The molecule has 0 amide bonds. The van der Waals surface area contributed by atoms with E-state index >= 15 is 0 Å². The number of aromatic nitrogens is 2. The number of rotatable bonds is 4. The van der Waals surface area contributed by atoms with Gasteiger partial charge in [0.2, 0.25) is 0 Å². The molecule has 1 fully saturated rings. The third-order valence-corrected chi connectivity index (χ3v) is 5.06. The molecular weight excluding hydrogens is 360 g/mol. The van der Waals surface area contributed by atoms with Gasteiger partial charge in [0, 0.05) is 43.6 Å². The molecule has 6 heteroatoms. The summed E-state index contributed by atoms with van der Waals surface area (Å²) in [7, 11) is 0. The molecule has 0 bridgehead atoms. The van der Waals surface area contributed by atoms with Crippen LogP contribution in [0.5, 0.6) is 0 Å². The first-order valence-electron chi connectivity index (χ1n) is 9.80. The van der Waals surface area contributed by atoms with E-state index in [9.17, 15) is 0 Å². The molecule has 1 aromatic heterocycles. The Kier molecular flexibility index (Phi) is 5.30. The second-order valence-electron chi connectivity index (χ2n) is 7.29. The maximum atomic E-state index is 9.09. The number of nitriles is 1. The van der Waals surface area contributed by atoms with Crippen LogP contribution in [-0.4, -0.2) is 36.1 Å². The highest BCUT2D eigenvalue weighted by molar-refractivity contribution is 5.61. The highest BCUT2D eigenvalue weighted by Crippen LogP contribution is 2.23. The first-order chi connectivity index (χ1) is 14.1. The zero-order chi connectivity index (χ0) is 20.2. The largest absolute Gasteiger partial charge is 0.368 e. The van der Waals surface area contributed by atoms with Crippen LogP contribution in [0.4, 0.5) is 23.0 Å². The van der Waals surface area contributed by atoms with Gasteiger partial charge in [-0.2, -0.15) is 5.26 Å². The van der Waals surface area contributed by atoms with E-state index in [-0.39, 0.29) is 0 Å². The lowest BCUT2D eigenvalue weighted by Gasteiger charge is -2.37. The molecule has 0 unspecified atom stereocenters. The van der Waals surface area contributed by atoms with Crippen LogP contribution in [-0.2, 0) is 0 Å². The fourth-order valence-electron chi connectivity index (χ4n) is 3.61. The van der Waals surface area contributed by atoms with Gasteiger partial charge in [0.25, 0.3) is 0 Å². The van der Waals surface area contributed by atoms with E-state index in [4.69, 9.17) is 5.26 Å². The van der Waals surface area contributed by atoms with Crippen molar-refractivity contribution in [3.05, 3.63) is 71.5 Å². The van der Waals surface area contributed by atoms with Crippen molar-refractivity contribution in [1.82, 2.24) is 9.97 Å². The van der Waals surface area contributed by atoms with E-state index in [2.05, 4.69) is 62.3 Å². The SMILES string of the molecule is Cc1cccc(N2CCN(c3cc(Nc4cccc(C#N)c4)nc(C)n3)CC2)c1.